The largest absolute Gasteiger partial charge is 0.496 e. The number of carbonyl (C=O) groups excluding carboxylic acids is 2. The maximum atomic E-state index is 13.3. The smallest absolute Gasteiger partial charge is 0.411 e. The van der Waals surface area contributed by atoms with E-state index >= 15 is 0 Å². The number of hydrogen-bond donors (Lipinski definition) is 1. The molecule has 0 unspecified atom stereocenters. The minimum atomic E-state index is -1.01. The van der Waals surface area contributed by atoms with Gasteiger partial charge in [0.15, 0.2) is 17.4 Å². The number of ketones is 1. The third-order valence-electron chi connectivity index (χ3n) is 5.80. The maximum absolute atomic E-state index is 13.3. The minimum absolute atomic E-state index is 0.00295. The summed E-state index contributed by atoms with van der Waals surface area (Å²) in [5.74, 6) is -1.18. The second-order valence-electron chi connectivity index (χ2n) is 8.22. The Labute approximate surface area is 209 Å². The van der Waals surface area contributed by atoms with Gasteiger partial charge in [-0.1, -0.05) is 32.9 Å². The van der Waals surface area contributed by atoms with Crippen molar-refractivity contribution in [3.8, 4) is 17.2 Å². The van der Waals surface area contributed by atoms with Crippen LogP contribution in [-0.4, -0.2) is 19.0 Å². The average Bonchev–Trinajstić information content (AvgIpc) is 2.89. The van der Waals surface area contributed by atoms with E-state index in [0.717, 1.165) is 17.7 Å². The highest BCUT2D eigenvalue weighted by Crippen LogP contribution is 2.31. The standard InChI is InChI=1S/C28H29F2NO5/c1-5-17(3)26(32)25-18(6-2)7-8-19(27(25)34-4)16-35-28(33)31-20-9-11-21(12-10-20)36-22-13-14-23(29)24(30)15-22/h7-15,17H,5-6,16H2,1-4H3,(H,31,33)/t17-/m1/s1. The summed E-state index contributed by atoms with van der Waals surface area (Å²) in [4.78, 5) is 25.4. The number of carbonyl (C=O) groups is 2. The van der Waals surface area contributed by atoms with Crippen molar-refractivity contribution in [3.63, 3.8) is 0 Å². The number of nitrogens with one attached hydrogen (secondary N) is 1. The lowest BCUT2D eigenvalue weighted by Crippen LogP contribution is -2.17. The third kappa shape index (κ3) is 6.38. The monoisotopic (exact) mass is 497 g/mol. The second-order valence-corrected chi connectivity index (χ2v) is 8.22. The topological polar surface area (TPSA) is 73.9 Å². The molecule has 6 nitrogen and oxygen atoms in total. The SMILES string of the molecule is CCc1ccc(COC(=O)Nc2ccc(Oc3ccc(F)c(F)c3)cc2)c(OC)c1C(=O)[C@H](C)CC. The minimum Gasteiger partial charge on any atom is -0.496 e. The van der Waals surface area contributed by atoms with Crippen molar-refractivity contribution in [1.29, 1.82) is 0 Å². The van der Waals surface area contributed by atoms with Gasteiger partial charge in [-0.3, -0.25) is 10.1 Å². The van der Waals surface area contributed by atoms with E-state index in [9.17, 15) is 18.4 Å². The second kappa shape index (κ2) is 12.2. The number of Topliss-reactive ketones (excluding diaryl/α,β-unsaturated/α-hetero) is 1. The van der Waals surface area contributed by atoms with Gasteiger partial charge in [-0.15, -0.1) is 0 Å². The molecular formula is C28H29F2NO5. The summed E-state index contributed by atoms with van der Waals surface area (Å²) in [6.45, 7) is 5.72. The number of halogens is 2. The van der Waals surface area contributed by atoms with Crippen LogP contribution < -0.4 is 14.8 Å². The number of methoxy groups -OCH3 is 1. The summed E-state index contributed by atoms with van der Waals surface area (Å²) in [5, 5.41) is 2.61. The first-order valence-electron chi connectivity index (χ1n) is 11.7. The molecule has 1 N–H and O–H groups in total. The molecule has 0 bridgehead atoms. The lowest BCUT2D eigenvalue weighted by atomic mass is 9.90. The Morgan fingerprint density at radius 3 is 2.19 bits per heavy atom. The molecule has 3 aromatic carbocycles. The number of rotatable bonds is 10. The molecule has 3 aromatic rings. The third-order valence-corrected chi connectivity index (χ3v) is 5.80. The predicted octanol–water partition coefficient (Wildman–Crippen LogP) is 7.31. The molecule has 0 saturated heterocycles. The van der Waals surface area contributed by atoms with Crippen LogP contribution in [0, 0.1) is 17.6 Å². The van der Waals surface area contributed by atoms with Gasteiger partial charge in [-0.2, -0.15) is 0 Å². The molecule has 0 spiro atoms. The molecule has 8 heteroatoms. The molecule has 1 atom stereocenters. The lowest BCUT2D eigenvalue weighted by molar-refractivity contribution is 0.0922. The fourth-order valence-electron chi connectivity index (χ4n) is 3.59. The van der Waals surface area contributed by atoms with Crippen molar-refractivity contribution in [2.45, 2.75) is 40.2 Å². The number of aryl methyl sites for hydroxylation is 1. The molecule has 0 aliphatic heterocycles. The van der Waals surface area contributed by atoms with Crippen molar-refractivity contribution in [3.05, 3.63) is 82.9 Å². The fourth-order valence-corrected chi connectivity index (χ4v) is 3.59. The van der Waals surface area contributed by atoms with Gasteiger partial charge in [0.1, 0.15) is 23.9 Å². The Morgan fingerprint density at radius 2 is 1.58 bits per heavy atom. The molecule has 36 heavy (non-hydrogen) atoms. The average molecular weight is 498 g/mol. The van der Waals surface area contributed by atoms with Gasteiger partial charge in [0.05, 0.1) is 12.7 Å². The van der Waals surface area contributed by atoms with Gasteiger partial charge in [0.25, 0.3) is 0 Å². The van der Waals surface area contributed by atoms with Gasteiger partial charge in [0, 0.05) is 23.2 Å². The predicted molar refractivity (Wildman–Crippen MR) is 133 cm³/mol. The summed E-state index contributed by atoms with van der Waals surface area (Å²) in [6.07, 6.45) is 0.685. The molecular weight excluding hydrogens is 468 g/mol. The molecule has 0 fully saturated rings. The van der Waals surface area contributed by atoms with Gasteiger partial charge < -0.3 is 14.2 Å². The van der Waals surface area contributed by atoms with E-state index in [4.69, 9.17) is 14.2 Å². The number of ether oxygens (including phenoxy) is 3. The molecule has 0 aliphatic carbocycles. The molecule has 0 aromatic heterocycles. The maximum Gasteiger partial charge on any atom is 0.411 e. The molecule has 1 amide bonds. The van der Waals surface area contributed by atoms with Crippen LogP contribution in [0.1, 0.15) is 48.7 Å². The van der Waals surface area contributed by atoms with E-state index in [0.29, 0.717) is 41.2 Å². The molecule has 3 rings (SSSR count). The summed E-state index contributed by atoms with van der Waals surface area (Å²) >= 11 is 0. The van der Waals surface area contributed by atoms with Crippen molar-refractivity contribution in [2.24, 2.45) is 5.92 Å². The van der Waals surface area contributed by atoms with Crippen LogP contribution >= 0.6 is 0 Å². The zero-order valence-corrected chi connectivity index (χ0v) is 20.7. The zero-order valence-electron chi connectivity index (χ0n) is 20.7. The highest BCUT2D eigenvalue weighted by atomic mass is 19.2. The van der Waals surface area contributed by atoms with Crippen molar-refractivity contribution >= 4 is 17.6 Å². The zero-order chi connectivity index (χ0) is 26.2. The van der Waals surface area contributed by atoms with E-state index in [1.54, 1.807) is 30.3 Å². The van der Waals surface area contributed by atoms with E-state index < -0.39 is 17.7 Å². The fraction of sp³-hybridized carbons (Fsp3) is 0.286. The summed E-state index contributed by atoms with van der Waals surface area (Å²) in [7, 11) is 1.50. The molecule has 0 radical (unpaired) electrons. The van der Waals surface area contributed by atoms with Crippen LogP contribution in [-0.2, 0) is 17.8 Å². The number of hydrogen-bond acceptors (Lipinski definition) is 5. The molecule has 190 valence electrons. The summed E-state index contributed by atoms with van der Waals surface area (Å²) < 4.78 is 42.8. The number of amides is 1. The van der Waals surface area contributed by atoms with Crippen LogP contribution in [0.3, 0.4) is 0 Å². The van der Waals surface area contributed by atoms with Gasteiger partial charge in [-0.05, 0) is 54.8 Å². The Kier molecular flexibility index (Phi) is 9.00. The van der Waals surface area contributed by atoms with Crippen LogP contribution in [0.4, 0.5) is 19.3 Å². The Balaban J connectivity index is 1.65. The normalized spacial score (nSPS) is 11.5. The number of benzene rings is 3. The van der Waals surface area contributed by atoms with Gasteiger partial charge in [0.2, 0.25) is 0 Å². The highest BCUT2D eigenvalue weighted by molar-refractivity contribution is 6.02. The van der Waals surface area contributed by atoms with E-state index in [1.807, 2.05) is 26.8 Å². The van der Waals surface area contributed by atoms with Crippen LogP contribution in [0.2, 0.25) is 0 Å². The lowest BCUT2D eigenvalue weighted by Gasteiger charge is -2.18. The first-order valence-corrected chi connectivity index (χ1v) is 11.7. The van der Waals surface area contributed by atoms with Crippen molar-refractivity contribution in [1.82, 2.24) is 0 Å². The van der Waals surface area contributed by atoms with Crippen molar-refractivity contribution < 1.29 is 32.6 Å². The Bertz CT molecular complexity index is 1230. The van der Waals surface area contributed by atoms with E-state index in [-0.39, 0.29) is 24.1 Å². The number of anilines is 1. The Hall–Kier alpha value is -3.94. The van der Waals surface area contributed by atoms with E-state index in [1.165, 1.54) is 13.2 Å². The summed E-state index contributed by atoms with van der Waals surface area (Å²) in [5.41, 5.74) is 2.45. The van der Waals surface area contributed by atoms with Crippen molar-refractivity contribution in [2.75, 3.05) is 12.4 Å². The van der Waals surface area contributed by atoms with Gasteiger partial charge >= 0.3 is 6.09 Å². The van der Waals surface area contributed by atoms with Crippen LogP contribution in [0.15, 0.2) is 54.6 Å². The molecule has 0 aliphatic rings. The van der Waals surface area contributed by atoms with Crippen LogP contribution in [0.25, 0.3) is 0 Å². The molecule has 0 heterocycles. The first kappa shape index (κ1) is 26.7. The van der Waals surface area contributed by atoms with Crippen LogP contribution in [0.5, 0.6) is 17.2 Å². The quantitative estimate of drug-likeness (QED) is 0.297. The summed E-state index contributed by atoms with van der Waals surface area (Å²) in [6, 6.07) is 13.2. The first-order chi connectivity index (χ1) is 17.3. The molecule has 0 saturated carbocycles. The van der Waals surface area contributed by atoms with Gasteiger partial charge in [-0.25, -0.2) is 13.6 Å². The highest BCUT2D eigenvalue weighted by Gasteiger charge is 2.24. The Morgan fingerprint density at radius 1 is 0.917 bits per heavy atom. The van der Waals surface area contributed by atoms with E-state index in [2.05, 4.69) is 5.32 Å².